The van der Waals surface area contributed by atoms with Gasteiger partial charge in [0.1, 0.15) is 46.0 Å². The first-order valence-electron chi connectivity index (χ1n) is 38.4. The minimum atomic E-state index is -0.455. The van der Waals surface area contributed by atoms with E-state index < -0.39 is 5.41 Å². The van der Waals surface area contributed by atoms with E-state index in [9.17, 15) is 19.2 Å². The molecule has 0 bridgehead atoms. The number of carbonyl (C=O) groups is 4. The number of ether oxygens (including phenoxy) is 8. The van der Waals surface area contributed by atoms with Crippen molar-refractivity contribution in [2.45, 2.75) is 108 Å². The maximum Gasteiger partial charge on any atom is 0.411 e. The van der Waals surface area contributed by atoms with Crippen LogP contribution in [0.15, 0.2) is 170 Å². The highest BCUT2D eigenvalue weighted by atomic mass is 35.5. The van der Waals surface area contributed by atoms with Gasteiger partial charge in [-0.2, -0.15) is 0 Å². The first-order valence-corrected chi connectivity index (χ1v) is 39.9. The number of benzene rings is 8. The van der Waals surface area contributed by atoms with Crippen LogP contribution < -0.4 is 79.2 Å². The van der Waals surface area contributed by atoms with E-state index in [0.717, 1.165) is 138 Å². The number of alkyl carbamates (subject to hydrolysis) is 2. The second-order valence-electron chi connectivity index (χ2n) is 32.5. The monoisotopic (exact) mass is 1710 g/mol. The van der Waals surface area contributed by atoms with E-state index in [4.69, 9.17) is 84.3 Å². The van der Waals surface area contributed by atoms with Crippen molar-refractivity contribution >= 4 is 70.5 Å². The number of likely N-dealkylation sites (tertiary alicyclic amines) is 4. The zero-order chi connectivity index (χ0) is 77.9. The average molecular weight is 1720 g/mol. The lowest BCUT2D eigenvalue weighted by Crippen LogP contribution is -3.00. The molecule has 0 radical (unpaired) electrons. The molecular formula is C88H102Cl8N6O12. The second-order valence-corrected chi connectivity index (χ2v) is 34.2. The largest absolute Gasteiger partial charge is 1.00 e. The van der Waals surface area contributed by atoms with E-state index in [2.05, 4.69) is 87.4 Å². The Morgan fingerprint density at radius 2 is 0.596 bits per heavy atom. The molecule has 8 aromatic rings. The van der Waals surface area contributed by atoms with Crippen LogP contribution in [0.3, 0.4) is 0 Å². The fourth-order valence-corrected chi connectivity index (χ4v) is 18.3. The van der Waals surface area contributed by atoms with Crippen molar-refractivity contribution in [3.63, 3.8) is 0 Å². The molecule has 12 unspecified atom stereocenters. The van der Waals surface area contributed by atoms with Crippen LogP contribution in [-0.4, -0.2) is 163 Å². The number of likely N-dealkylation sites (N-methyl/N-ethyl adjacent to an activating group) is 4. The van der Waals surface area contributed by atoms with Crippen molar-refractivity contribution in [3.05, 3.63) is 234 Å². The zero-order valence-corrected chi connectivity index (χ0v) is 72.1. The molecule has 0 spiro atoms. The molecule has 8 aliphatic rings. The summed E-state index contributed by atoms with van der Waals surface area (Å²) in [6.45, 7) is 21.2. The molecule has 0 saturated carbocycles. The van der Waals surface area contributed by atoms with Crippen LogP contribution in [0.4, 0.5) is 9.59 Å². The van der Waals surface area contributed by atoms with Gasteiger partial charge in [0.25, 0.3) is 0 Å². The predicted molar refractivity (Wildman–Crippen MR) is 428 cm³/mol. The van der Waals surface area contributed by atoms with Gasteiger partial charge in [-0.25, -0.2) is 9.59 Å². The molecule has 4 fully saturated rings. The van der Waals surface area contributed by atoms with Crippen LogP contribution in [0.1, 0.15) is 153 Å². The number of nitrogens with zero attached hydrogens (tertiary/aromatic N) is 4. The molecule has 2 N–H and O–H groups in total. The number of nitrogens with one attached hydrogen (secondary N) is 2. The van der Waals surface area contributed by atoms with Crippen molar-refractivity contribution in [2.75, 3.05) is 121 Å². The topological polar surface area (TPSA) is 166 Å². The lowest BCUT2D eigenvalue weighted by Gasteiger charge is -2.31. The van der Waals surface area contributed by atoms with Gasteiger partial charge in [0.2, 0.25) is 26.9 Å². The molecule has 16 rings (SSSR count). The minimum absolute atomic E-state index is 0. The Hall–Kier alpha value is -7.40. The first kappa shape index (κ1) is 90.5. The number of rotatable bonds is 14. The number of halogens is 8. The van der Waals surface area contributed by atoms with Crippen LogP contribution in [0.25, 0.3) is 0 Å². The number of fused-ring (bicyclic) bond motifs is 20. The Morgan fingerprint density at radius 1 is 0.360 bits per heavy atom. The number of amides is 2. The molecule has 8 heterocycles. The van der Waals surface area contributed by atoms with Gasteiger partial charge in [-0.1, -0.05) is 133 Å². The highest BCUT2D eigenvalue weighted by Gasteiger charge is 2.53. The number of hydrogen-bond donors (Lipinski definition) is 2. The number of hydrogen-bond acceptors (Lipinski definition) is 12. The maximum absolute atomic E-state index is 12.5. The summed E-state index contributed by atoms with van der Waals surface area (Å²) < 4.78 is 50.0. The summed E-state index contributed by atoms with van der Waals surface area (Å²) in [4.78, 5) is 48.0. The number of quaternary nitrogens is 4. The van der Waals surface area contributed by atoms with Crippen molar-refractivity contribution < 1.29 is 125 Å². The number of carbonyl (C=O) groups excluding carboxylic acids is 4. The molecule has 18 nitrogen and oxygen atoms in total. The Kier molecular flexibility index (Phi) is 30.4. The lowest BCUT2D eigenvalue weighted by molar-refractivity contribution is -0.915. The van der Waals surface area contributed by atoms with Crippen molar-refractivity contribution in [2.24, 2.45) is 5.41 Å². The van der Waals surface area contributed by atoms with E-state index in [1.165, 1.54) is 22.3 Å². The molecular weight excluding hydrogens is 1620 g/mol. The molecule has 0 aromatic heterocycles. The van der Waals surface area contributed by atoms with E-state index in [0.29, 0.717) is 85.4 Å². The standard InChI is InChI=1S/C24H29ClNO3.C22H25ClNO3.2C21H23ClN2O3.4ClH/c1-5-24(2,3)23(27)28-15-26(4)13-19-17-8-6-7-9-21(17)29-22-11-10-16(25)12-18(22)20(19)14-26;1-3-6-22(25)26-14-24(2)12-18-16-7-4-5-8-20(16)27-21-10-9-15(23)11-17(21)19(18)13-24;2*1-3-23-21(25)26-13-24(2)11-17-15-6-4-5-7-19(15)27-20-9-8-14(22)10-16(20)18(17)12-24;;;;/h6-12,19-20H,5,13-15H2,1-4H3;4-5,7-11,18-19H,3,6,12-14H2,1-2H3;2*4-10,17-18H,3,11-13H2,1-2H3;4*1H/q2*+1;;;;;;/p-2. The summed E-state index contributed by atoms with van der Waals surface area (Å²) in [6.07, 6.45) is 1.32. The van der Waals surface area contributed by atoms with Gasteiger partial charge in [0.15, 0.2) is 0 Å². The highest BCUT2D eigenvalue weighted by Crippen LogP contribution is 2.57. The van der Waals surface area contributed by atoms with E-state index in [1.807, 2.05) is 163 Å². The second kappa shape index (κ2) is 38.3. The smallest absolute Gasteiger partial charge is 0.411 e. The van der Waals surface area contributed by atoms with Gasteiger partial charge in [-0.3, -0.25) is 27.5 Å². The quantitative estimate of drug-likeness (QED) is 0.0619. The molecule has 0 aliphatic carbocycles. The fraction of sp³-hybridized carbons (Fsp3) is 0.409. The third-order valence-corrected chi connectivity index (χ3v) is 24.2. The molecule has 8 aromatic carbocycles. The number of para-hydroxylation sites is 4. The molecule has 114 heavy (non-hydrogen) atoms. The normalized spacial score (nSPS) is 24.5. The van der Waals surface area contributed by atoms with Crippen molar-refractivity contribution in [3.8, 4) is 46.0 Å². The highest BCUT2D eigenvalue weighted by molar-refractivity contribution is 6.31. The van der Waals surface area contributed by atoms with Crippen LogP contribution in [0, 0.1) is 5.41 Å². The summed E-state index contributed by atoms with van der Waals surface area (Å²) in [5.74, 6) is 9.01. The third kappa shape index (κ3) is 20.4. The van der Waals surface area contributed by atoms with Gasteiger partial charge in [-0.05, 0) is 138 Å². The molecule has 8 aliphatic heterocycles. The lowest BCUT2D eigenvalue weighted by atomic mass is 9.84. The van der Waals surface area contributed by atoms with Gasteiger partial charge < -0.3 is 98.2 Å². The van der Waals surface area contributed by atoms with Gasteiger partial charge >= 0.3 is 24.1 Å². The van der Waals surface area contributed by atoms with Crippen LogP contribution in [0.2, 0.25) is 20.1 Å². The Bertz CT molecular complexity index is 4400. The molecule has 612 valence electrons. The zero-order valence-electron chi connectivity index (χ0n) is 66.0. The summed E-state index contributed by atoms with van der Waals surface area (Å²) >= 11 is 25.3. The molecule has 4 saturated heterocycles. The fourth-order valence-electron chi connectivity index (χ4n) is 17.5. The van der Waals surface area contributed by atoms with Crippen LogP contribution in [0.5, 0.6) is 46.0 Å². The summed E-state index contributed by atoms with van der Waals surface area (Å²) in [6, 6.07) is 56.3. The van der Waals surface area contributed by atoms with E-state index in [-0.39, 0.29) is 115 Å². The summed E-state index contributed by atoms with van der Waals surface area (Å²) in [7, 11) is 8.62. The Balaban J connectivity index is 0.000000172. The van der Waals surface area contributed by atoms with Crippen LogP contribution in [-0.2, 0) is 28.5 Å². The maximum atomic E-state index is 12.5. The third-order valence-electron chi connectivity index (χ3n) is 23.3. The molecule has 12 atom stereocenters. The van der Waals surface area contributed by atoms with Gasteiger partial charge in [0.05, 0.1) is 86.0 Å². The molecule has 26 heteroatoms. The van der Waals surface area contributed by atoms with Gasteiger partial charge in [0, 0.05) is 131 Å². The minimum Gasteiger partial charge on any atom is -1.00 e. The SMILES string of the molecule is CCC(C)(C)C(=O)OC[N+]1(C)CC2c3ccccc3Oc3ccc(Cl)cc3C2C1.CCCC(=O)OC[N+]1(C)CC2c3ccccc3Oc3ccc(Cl)cc3C2C1.CCNC(=O)OC[N+]1(C)CC2c3ccccc3Oc3ccc(Cl)cc3C2C1.CCNC(=O)OC[N+]1(C)CC2c3ccccc3Oc3ccc(Cl)cc3C2C1.[Cl-].[Cl-].[Cl-].[Cl-]. The van der Waals surface area contributed by atoms with Crippen molar-refractivity contribution in [1.29, 1.82) is 0 Å². The van der Waals surface area contributed by atoms with Crippen molar-refractivity contribution in [1.82, 2.24) is 10.6 Å². The van der Waals surface area contributed by atoms with E-state index >= 15 is 0 Å². The predicted octanol–water partition coefficient (Wildman–Crippen LogP) is 7.75. The summed E-state index contributed by atoms with van der Waals surface area (Å²) in [5.41, 5.74) is 8.93. The Labute approximate surface area is 715 Å². The number of esters is 2. The van der Waals surface area contributed by atoms with Gasteiger partial charge in [-0.15, -0.1) is 0 Å². The average Bonchev–Trinajstić information content (AvgIpc) is 1.62. The summed E-state index contributed by atoms with van der Waals surface area (Å²) in [5, 5.41) is 8.24. The van der Waals surface area contributed by atoms with E-state index in [1.54, 1.807) is 0 Å². The first-order chi connectivity index (χ1) is 52.7. The Morgan fingerprint density at radius 3 is 0.851 bits per heavy atom. The van der Waals surface area contributed by atoms with Crippen LogP contribution >= 0.6 is 46.4 Å². The molecule has 2 amide bonds.